The summed E-state index contributed by atoms with van der Waals surface area (Å²) in [7, 11) is 1.66. The van der Waals surface area contributed by atoms with Crippen molar-refractivity contribution in [2.24, 2.45) is 0 Å². The fourth-order valence-corrected chi connectivity index (χ4v) is 0.672. The molecule has 0 heterocycles. The maximum Gasteiger partial charge on any atom is 0.219 e. The van der Waals surface area contributed by atoms with Crippen molar-refractivity contribution in [3.05, 3.63) is 12.2 Å². The molecular formula is C8H15NO. The summed E-state index contributed by atoms with van der Waals surface area (Å²) < 4.78 is 0. The van der Waals surface area contributed by atoms with Crippen molar-refractivity contribution in [2.75, 3.05) is 7.05 Å². The van der Waals surface area contributed by atoms with Gasteiger partial charge in [-0.25, -0.2) is 0 Å². The predicted octanol–water partition coefficient (Wildman–Crippen LogP) is 1.48. The Morgan fingerprint density at radius 2 is 2.30 bits per heavy atom. The zero-order valence-electron chi connectivity index (χ0n) is 6.68. The Balaban J connectivity index is 3.11. The lowest BCUT2D eigenvalue weighted by molar-refractivity contribution is -0.120. The van der Waals surface area contributed by atoms with Crippen molar-refractivity contribution in [1.82, 2.24) is 5.32 Å². The van der Waals surface area contributed by atoms with Gasteiger partial charge in [-0.2, -0.15) is 0 Å². The summed E-state index contributed by atoms with van der Waals surface area (Å²) >= 11 is 0. The Kier molecular flexibility index (Phi) is 5.83. The molecule has 0 fully saturated rings. The van der Waals surface area contributed by atoms with E-state index in [9.17, 15) is 4.79 Å². The quantitative estimate of drug-likeness (QED) is 0.466. The minimum absolute atomic E-state index is 0.129. The molecule has 0 saturated carbocycles. The molecule has 0 aliphatic rings. The molecule has 1 amide bonds. The van der Waals surface area contributed by atoms with E-state index in [0.717, 1.165) is 12.8 Å². The highest BCUT2D eigenvalue weighted by molar-refractivity contribution is 5.75. The van der Waals surface area contributed by atoms with Crippen LogP contribution in [0.1, 0.15) is 26.2 Å². The molecule has 0 saturated heterocycles. The number of carbonyl (C=O) groups is 1. The molecule has 0 aromatic carbocycles. The van der Waals surface area contributed by atoms with Gasteiger partial charge in [-0.05, 0) is 19.8 Å². The SMILES string of the molecule is C/C=C\CCCC(=O)NC. The molecule has 2 nitrogen and oxygen atoms in total. The summed E-state index contributed by atoms with van der Waals surface area (Å²) in [5.74, 6) is 0.129. The van der Waals surface area contributed by atoms with Crippen molar-refractivity contribution in [2.45, 2.75) is 26.2 Å². The van der Waals surface area contributed by atoms with E-state index < -0.39 is 0 Å². The topological polar surface area (TPSA) is 29.1 Å². The minimum Gasteiger partial charge on any atom is -0.359 e. The molecule has 2 heteroatoms. The maximum atomic E-state index is 10.6. The average molecular weight is 141 g/mol. The molecule has 0 aromatic heterocycles. The second kappa shape index (κ2) is 6.33. The normalized spacial score (nSPS) is 10.2. The number of allylic oxidation sites excluding steroid dienone is 2. The first-order chi connectivity index (χ1) is 4.81. The van der Waals surface area contributed by atoms with Crippen LogP contribution in [0.2, 0.25) is 0 Å². The van der Waals surface area contributed by atoms with E-state index in [4.69, 9.17) is 0 Å². The minimum atomic E-state index is 0.129. The summed E-state index contributed by atoms with van der Waals surface area (Å²) in [4.78, 5) is 10.6. The Hall–Kier alpha value is -0.790. The van der Waals surface area contributed by atoms with Crippen LogP contribution in [-0.2, 0) is 4.79 Å². The standard InChI is InChI=1S/C8H15NO/c1-3-4-5-6-7-8(10)9-2/h3-4H,5-7H2,1-2H3,(H,9,10)/b4-3-. The molecule has 1 N–H and O–H groups in total. The lowest BCUT2D eigenvalue weighted by atomic mass is 10.2. The van der Waals surface area contributed by atoms with Gasteiger partial charge in [0, 0.05) is 13.5 Å². The molecule has 58 valence electrons. The zero-order chi connectivity index (χ0) is 7.82. The predicted molar refractivity (Wildman–Crippen MR) is 42.7 cm³/mol. The lowest BCUT2D eigenvalue weighted by Crippen LogP contribution is -2.16. The number of nitrogens with one attached hydrogen (secondary N) is 1. The summed E-state index contributed by atoms with van der Waals surface area (Å²) in [6.07, 6.45) is 6.67. The van der Waals surface area contributed by atoms with E-state index in [1.807, 2.05) is 13.0 Å². The van der Waals surface area contributed by atoms with Gasteiger partial charge in [-0.1, -0.05) is 12.2 Å². The molecule has 0 unspecified atom stereocenters. The molecule has 0 radical (unpaired) electrons. The van der Waals surface area contributed by atoms with Gasteiger partial charge in [0.2, 0.25) is 5.91 Å². The second-order valence-corrected chi connectivity index (χ2v) is 2.13. The number of unbranched alkanes of at least 4 members (excludes halogenated alkanes) is 1. The molecule has 0 spiro atoms. The van der Waals surface area contributed by atoms with Crippen molar-refractivity contribution >= 4 is 5.91 Å². The van der Waals surface area contributed by atoms with E-state index in [-0.39, 0.29) is 5.91 Å². The van der Waals surface area contributed by atoms with E-state index in [1.54, 1.807) is 7.05 Å². The number of hydrogen-bond donors (Lipinski definition) is 1. The smallest absolute Gasteiger partial charge is 0.219 e. The van der Waals surface area contributed by atoms with Gasteiger partial charge in [-0.3, -0.25) is 4.79 Å². The molecule has 0 rings (SSSR count). The largest absolute Gasteiger partial charge is 0.359 e. The third kappa shape index (κ3) is 5.35. The van der Waals surface area contributed by atoms with Gasteiger partial charge in [0.15, 0.2) is 0 Å². The van der Waals surface area contributed by atoms with Crippen LogP contribution in [0.25, 0.3) is 0 Å². The summed E-state index contributed by atoms with van der Waals surface area (Å²) in [6, 6.07) is 0. The Morgan fingerprint density at radius 3 is 2.80 bits per heavy atom. The number of rotatable bonds is 4. The first kappa shape index (κ1) is 9.21. The van der Waals surface area contributed by atoms with E-state index in [1.165, 1.54) is 0 Å². The second-order valence-electron chi connectivity index (χ2n) is 2.13. The van der Waals surface area contributed by atoms with E-state index >= 15 is 0 Å². The van der Waals surface area contributed by atoms with Gasteiger partial charge in [0.05, 0.1) is 0 Å². The van der Waals surface area contributed by atoms with E-state index in [0.29, 0.717) is 6.42 Å². The number of carbonyl (C=O) groups excluding carboxylic acids is 1. The molecular weight excluding hydrogens is 126 g/mol. The third-order valence-electron chi connectivity index (χ3n) is 1.29. The van der Waals surface area contributed by atoms with Crippen molar-refractivity contribution < 1.29 is 4.79 Å². The first-order valence-corrected chi connectivity index (χ1v) is 3.63. The van der Waals surface area contributed by atoms with Gasteiger partial charge in [0.1, 0.15) is 0 Å². The van der Waals surface area contributed by atoms with Crippen molar-refractivity contribution in [3.8, 4) is 0 Å². The highest BCUT2D eigenvalue weighted by atomic mass is 16.1. The fraction of sp³-hybridized carbons (Fsp3) is 0.625. The molecule has 0 bridgehead atoms. The lowest BCUT2D eigenvalue weighted by Gasteiger charge is -1.95. The molecule has 0 aromatic rings. The van der Waals surface area contributed by atoms with Crippen LogP contribution in [-0.4, -0.2) is 13.0 Å². The van der Waals surface area contributed by atoms with Crippen LogP contribution in [0, 0.1) is 0 Å². The van der Waals surface area contributed by atoms with Crippen LogP contribution in [0.4, 0.5) is 0 Å². The molecule has 0 aliphatic heterocycles. The van der Waals surface area contributed by atoms with Crippen molar-refractivity contribution in [1.29, 1.82) is 0 Å². The maximum absolute atomic E-state index is 10.6. The molecule has 0 atom stereocenters. The molecule has 0 aliphatic carbocycles. The van der Waals surface area contributed by atoms with Crippen LogP contribution in [0.5, 0.6) is 0 Å². The molecule has 10 heavy (non-hydrogen) atoms. The number of hydrogen-bond acceptors (Lipinski definition) is 1. The highest BCUT2D eigenvalue weighted by Gasteiger charge is 1.93. The van der Waals surface area contributed by atoms with Gasteiger partial charge in [0.25, 0.3) is 0 Å². The summed E-state index contributed by atoms with van der Waals surface area (Å²) in [5.41, 5.74) is 0. The summed E-state index contributed by atoms with van der Waals surface area (Å²) in [6.45, 7) is 1.99. The average Bonchev–Trinajstić information content (AvgIpc) is 1.98. The van der Waals surface area contributed by atoms with E-state index in [2.05, 4.69) is 11.4 Å². The Bertz CT molecular complexity index is 118. The van der Waals surface area contributed by atoms with Crippen molar-refractivity contribution in [3.63, 3.8) is 0 Å². The fourth-order valence-electron chi connectivity index (χ4n) is 0.672. The van der Waals surface area contributed by atoms with Crippen LogP contribution in [0.3, 0.4) is 0 Å². The Labute approximate surface area is 62.3 Å². The highest BCUT2D eigenvalue weighted by Crippen LogP contribution is 1.95. The van der Waals surface area contributed by atoms with Gasteiger partial charge in [-0.15, -0.1) is 0 Å². The monoisotopic (exact) mass is 141 g/mol. The van der Waals surface area contributed by atoms with Gasteiger partial charge < -0.3 is 5.32 Å². The van der Waals surface area contributed by atoms with Crippen LogP contribution in [0.15, 0.2) is 12.2 Å². The van der Waals surface area contributed by atoms with Gasteiger partial charge >= 0.3 is 0 Å². The number of amides is 1. The first-order valence-electron chi connectivity index (χ1n) is 3.63. The summed E-state index contributed by atoms with van der Waals surface area (Å²) in [5, 5.41) is 2.58. The Morgan fingerprint density at radius 1 is 1.60 bits per heavy atom. The van der Waals surface area contributed by atoms with Crippen LogP contribution >= 0.6 is 0 Å². The van der Waals surface area contributed by atoms with Crippen LogP contribution < -0.4 is 5.32 Å². The zero-order valence-corrected chi connectivity index (χ0v) is 6.68. The third-order valence-corrected chi connectivity index (χ3v) is 1.29.